The maximum atomic E-state index is 11.1. The quantitative estimate of drug-likeness (QED) is 0.0981. The number of anilines is 1. The lowest BCUT2D eigenvalue weighted by molar-refractivity contribution is -0.385. The Balaban J connectivity index is 1.07. The number of hydrogen-bond acceptors (Lipinski definition) is 14. The fourth-order valence-electron chi connectivity index (χ4n) is 4.34. The largest absolute Gasteiger partial charge is 0.394 e. The van der Waals surface area contributed by atoms with E-state index >= 15 is 0 Å². The van der Waals surface area contributed by atoms with Crippen LogP contribution in [0.25, 0.3) is 0 Å². The van der Waals surface area contributed by atoms with Crippen LogP contribution in [0.1, 0.15) is 44.2 Å². The fourth-order valence-corrected chi connectivity index (χ4v) is 4.34. The summed E-state index contributed by atoms with van der Waals surface area (Å²) >= 11 is 0. The monoisotopic (exact) mass is 554 g/mol. The second kappa shape index (κ2) is 13.8. The van der Waals surface area contributed by atoms with Crippen molar-refractivity contribution in [1.29, 1.82) is 0 Å². The van der Waals surface area contributed by atoms with Gasteiger partial charge in [-0.3, -0.25) is 14.8 Å². The maximum absolute atomic E-state index is 11.1. The number of hydrogen-bond donors (Lipinski definition) is 6. The number of nitrogens with one attached hydrogen (secondary N) is 2. The first-order valence-electron chi connectivity index (χ1n) is 12.8. The molecule has 216 valence electrons. The van der Waals surface area contributed by atoms with Crippen LogP contribution in [0.4, 0.5) is 11.4 Å². The zero-order valence-electron chi connectivity index (χ0n) is 21.2. The van der Waals surface area contributed by atoms with Crippen molar-refractivity contribution in [2.45, 2.75) is 82.3 Å². The van der Waals surface area contributed by atoms with E-state index in [9.17, 15) is 30.5 Å². The van der Waals surface area contributed by atoms with Crippen LogP contribution in [0, 0.1) is 10.1 Å². The van der Waals surface area contributed by atoms with Gasteiger partial charge in [0.05, 0.1) is 30.0 Å². The number of nitrogens with zero attached hydrogens (tertiary/aromatic N) is 4. The molecule has 0 bridgehead atoms. The Bertz CT molecular complexity index is 1090. The lowest BCUT2D eigenvalue weighted by Crippen LogP contribution is -2.59. The second-order valence-corrected chi connectivity index (χ2v) is 9.35. The summed E-state index contributed by atoms with van der Waals surface area (Å²) in [6.07, 6.45) is 1.24. The van der Waals surface area contributed by atoms with E-state index in [0.29, 0.717) is 24.5 Å². The molecule has 0 unspecified atom stereocenters. The molecule has 0 aliphatic carbocycles. The Morgan fingerprint density at radius 3 is 2.56 bits per heavy atom. The number of nitro groups is 1. The van der Waals surface area contributed by atoms with E-state index in [-0.39, 0.29) is 17.2 Å². The van der Waals surface area contributed by atoms with Crippen molar-refractivity contribution in [2.75, 3.05) is 18.5 Å². The molecule has 0 spiro atoms. The molecule has 1 fully saturated rings. The molecule has 0 saturated carbocycles. The molecule has 5 atom stereocenters. The highest BCUT2D eigenvalue weighted by Gasteiger charge is 2.43. The third-order valence-corrected chi connectivity index (χ3v) is 6.53. The summed E-state index contributed by atoms with van der Waals surface area (Å²) in [4.78, 5) is 20.7. The summed E-state index contributed by atoms with van der Waals surface area (Å²) in [6, 6.07) is 2.88. The van der Waals surface area contributed by atoms with Gasteiger partial charge in [0.15, 0.2) is 6.29 Å². The lowest BCUT2D eigenvalue weighted by Gasteiger charge is -2.39. The predicted octanol–water partition coefficient (Wildman–Crippen LogP) is 0.146. The van der Waals surface area contributed by atoms with Gasteiger partial charge < -0.3 is 44.9 Å². The van der Waals surface area contributed by atoms with Crippen LogP contribution in [0.15, 0.2) is 18.3 Å². The molecular formula is C23H34N6O10. The molecule has 39 heavy (non-hydrogen) atoms. The molecule has 0 amide bonds. The van der Waals surface area contributed by atoms with Crippen molar-refractivity contribution < 1.29 is 44.5 Å². The Labute approximate surface area is 223 Å². The van der Waals surface area contributed by atoms with E-state index in [1.807, 2.05) is 6.20 Å². The molecule has 3 heterocycles. The number of aromatic nitrogens is 3. The van der Waals surface area contributed by atoms with Crippen molar-refractivity contribution in [3.8, 4) is 11.5 Å². The van der Waals surface area contributed by atoms with E-state index in [2.05, 4.69) is 21.3 Å². The molecule has 16 heteroatoms. The van der Waals surface area contributed by atoms with E-state index in [1.165, 1.54) is 6.07 Å². The molecule has 1 aromatic heterocycles. The highest BCUT2D eigenvalue weighted by atomic mass is 16.9. The van der Waals surface area contributed by atoms with Crippen LogP contribution in [-0.2, 0) is 22.6 Å². The summed E-state index contributed by atoms with van der Waals surface area (Å²) in [6.45, 7) is 0.918. The zero-order valence-corrected chi connectivity index (χ0v) is 21.2. The van der Waals surface area contributed by atoms with E-state index in [1.54, 1.807) is 10.7 Å². The van der Waals surface area contributed by atoms with Gasteiger partial charge in [0.2, 0.25) is 5.75 Å². The smallest absolute Gasteiger partial charge is 0.317 e. The predicted molar refractivity (Wildman–Crippen MR) is 132 cm³/mol. The maximum Gasteiger partial charge on any atom is 0.317 e. The van der Waals surface area contributed by atoms with Gasteiger partial charge in [-0.1, -0.05) is 30.9 Å². The number of aliphatic hydroxyl groups excluding tert-OH is 4. The summed E-state index contributed by atoms with van der Waals surface area (Å²) in [7, 11) is 0. The molecular weight excluding hydrogens is 520 g/mol. The molecule has 4 rings (SSSR count). The number of nitro benzene ring substituents is 1. The number of aryl methyl sites for hydroxylation is 1. The van der Waals surface area contributed by atoms with E-state index in [0.717, 1.165) is 45.1 Å². The van der Waals surface area contributed by atoms with Crippen molar-refractivity contribution in [3.63, 3.8) is 0 Å². The van der Waals surface area contributed by atoms with Crippen LogP contribution >= 0.6 is 0 Å². The topological polar surface area (TPSA) is 216 Å². The lowest BCUT2D eigenvalue weighted by atomic mass is 9.99. The van der Waals surface area contributed by atoms with Gasteiger partial charge in [-0.05, 0) is 18.9 Å². The van der Waals surface area contributed by atoms with Gasteiger partial charge in [0, 0.05) is 24.9 Å². The summed E-state index contributed by atoms with van der Waals surface area (Å²) in [5.41, 5.74) is 3.20. The minimum absolute atomic E-state index is 0.00924. The van der Waals surface area contributed by atoms with E-state index < -0.39 is 42.2 Å². The Morgan fingerprint density at radius 1 is 1.05 bits per heavy atom. The molecule has 2 aliphatic rings. The summed E-state index contributed by atoms with van der Waals surface area (Å²) in [5.74, 6) is 0.215. The number of ether oxygens (including phenoxy) is 2. The summed E-state index contributed by atoms with van der Waals surface area (Å²) < 4.78 is 12.6. The molecule has 1 saturated heterocycles. The van der Waals surface area contributed by atoms with Crippen LogP contribution in [0.5, 0.6) is 11.5 Å². The third kappa shape index (κ3) is 7.30. The Morgan fingerprint density at radius 2 is 1.79 bits per heavy atom. The number of rotatable bonds is 15. The first-order chi connectivity index (χ1) is 18.9. The van der Waals surface area contributed by atoms with Gasteiger partial charge in [-0.2, -0.15) is 0 Å². The summed E-state index contributed by atoms with van der Waals surface area (Å²) in [5, 5.41) is 61.3. The highest BCUT2D eigenvalue weighted by molar-refractivity contribution is 5.70. The molecule has 6 N–H and O–H groups in total. The normalized spacial score (nSPS) is 24.2. The van der Waals surface area contributed by atoms with Crippen molar-refractivity contribution >= 4 is 11.4 Å². The van der Waals surface area contributed by atoms with Crippen LogP contribution < -0.4 is 20.6 Å². The van der Waals surface area contributed by atoms with Gasteiger partial charge >= 0.3 is 5.69 Å². The Kier molecular flexibility index (Phi) is 10.2. The van der Waals surface area contributed by atoms with Gasteiger partial charge in [0.1, 0.15) is 30.1 Å². The van der Waals surface area contributed by atoms with Gasteiger partial charge in [-0.25, -0.2) is 0 Å². The van der Waals surface area contributed by atoms with Crippen LogP contribution in [0.3, 0.4) is 0 Å². The fraction of sp³-hybridized carbons (Fsp3) is 0.652. The molecule has 16 nitrogen and oxygen atoms in total. The molecule has 1 aromatic carbocycles. The minimum atomic E-state index is -1.43. The molecule has 2 aliphatic heterocycles. The average Bonchev–Trinajstić information content (AvgIpc) is 3.60. The van der Waals surface area contributed by atoms with Crippen LogP contribution in [0.2, 0.25) is 0 Å². The van der Waals surface area contributed by atoms with Crippen molar-refractivity contribution in [3.05, 3.63) is 34.1 Å². The zero-order chi connectivity index (χ0) is 27.8. The second-order valence-electron chi connectivity index (χ2n) is 9.35. The molecule has 2 aromatic rings. The van der Waals surface area contributed by atoms with Crippen LogP contribution in [-0.4, -0.2) is 84.3 Å². The minimum Gasteiger partial charge on any atom is -0.394 e. The number of fused-ring (bicyclic) bond motifs is 1. The van der Waals surface area contributed by atoms with Crippen molar-refractivity contribution in [2.24, 2.45) is 0 Å². The van der Waals surface area contributed by atoms with Gasteiger partial charge in [-0.15, -0.1) is 5.10 Å². The SMILES string of the molecule is O=[N+]([O-])c1ccc(NCc2cn(CCCCCCCCO[C@@H]3O[C@H](CO)[C@H](O)[C@H](O)[C@H]3O)nn2)c2c1ONO2. The Hall–Kier alpha value is -3.12. The number of benzene rings is 1. The first kappa shape index (κ1) is 28.9. The number of aliphatic hydroxyl groups is 4. The van der Waals surface area contributed by atoms with Crippen molar-refractivity contribution in [1.82, 2.24) is 20.6 Å². The third-order valence-electron chi connectivity index (χ3n) is 6.53. The average molecular weight is 555 g/mol. The standard InChI is InChI=1S/C23H34N6O10/c30-13-17-18(31)19(32)20(33)23(37-17)36-10-6-4-2-1-3-5-9-28-12-14(25-26-28)11-24-15-7-8-16(29(34)35)22-21(15)38-27-39-22/h7-8,12,17-20,23-24,27,30-33H,1-6,9-11,13H2/t17-,18+,19+,20-,23-/m1/s1. The molecule has 0 radical (unpaired) electrons. The first-order valence-corrected chi connectivity index (χ1v) is 12.8. The van der Waals surface area contributed by atoms with Gasteiger partial charge in [0.25, 0.3) is 5.75 Å². The highest BCUT2D eigenvalue weighted by Crippen LogP contribution is 2.44. The van der Waals surface area contributed by atoms with E-state index in [4.69, 9.17) is 19.1 Å². The number of unbranched alkanes of at least 4 members (excludes halogenated alkanes) is 5.